The first-order chi connectivity index (χ1) is 12.6. The summed E-state index contributed by atoms with van der Waals surface area (Å²) in [6, 6.07) is 16.4. The number of para-hydroxylation sites is 1. The van der Waals surface area contributed by atoms with Gasteiger partial charge >= 0.3 is 11.9 Å². The molecule has 134 valence electrons. The van der Waals surface area contributed by atoms with Gasteiger partial charge in [-0.1, -0.05) is 51.5 Å². The van der Waals surface area contributed by atoms with Gasteiger partial charge in [0.15, 0.2) is 18.0 Å². The number of benzene rings is 2. The van der Waals surface area contributed by atoms with Crippen molar-refractivity contribution >= 4 is 10.9 Å². The average molecular weight is 350 g/mol. The van der Waals surface area contributed by atoms with Crippen LogP contribution in [-0.2, 0) is 6.54 Å². The maximum Gasteiger partial charge on any atom is 0.632 e. The van der Waals surface area contributed by atoms with Crippen LogP contribution < -0.4 is 9.13 Å². The molecule has 0 amide bonds. The number of aromatic nitrogens is 2. The van der Waals surface area contributed by atoms with Crippen LogP contribution in [0.25, 0.3) is 10.9 Å². The molecule has 1 fully saturated rings. The highest BCUT2D eigenvalue weighted by atomic mass is 16.3. The van der Waals surface area contributed by atoms with Gasteiger partial charge in [0, 0.05) is 24.5 Å². The van der Waals surface area contributed by atoms with Gasteiger partial charge in [0.25, 0.3) is 0 Å². The highest BCUT2D eigenvalue weighted by molar-refractivity contribution is 5.79. The summed E-state index contributed by atoms with van der Waals surface area (Å²) in [5.74, 6) is 0.172. The molecule has 2 aromatic carbocycles. The molecular formula is C22H26N2O2+2. The first kappa shape index (κ1) is 16.8. The molecule has 0 saturated heterocycles. The van der Waals surface area contributed by atoms with Crippen LogP contribution in [0, 0.1) is 6.92 Å². The second kappa shape index (κ2) is 6.94. The summed E-state index contributed by atoms with van der Waals surface area (Å²) < 4.78 is 3.66. The van der Waals surface area contributed by atoms with Crippen LogP contribution in [0.15, 0.2) is 48.5 Å². The van der Waals surface area contributed by atoms with E-state index in [0.717, 1.165) is 42.1 Å². The molecule has 0 bridgehead atoms. The lowest BCUT2D eigenvalue weighted by atomic mass is 9.95. The molecule has 2 N–H and O–H groups in total. The van der Waals surface area contributed by atoms with Crippen molar-refractivity contribution in [2.24, 2.45) is 0 Å². The number of hydrogen-bond acceptors (Lipinski definition) is 2. The summed E-state index contributed by atoms with van der Waals surface area (Å²) >= 11 is 0. The second-order valence-corrected chi connectivity index (χ2v) is 7.38. The van der Waals surface area contributed by atoms with E-state index in [1.165, 1.54) is 12.0 Å². The van der Waals surface area contributed by atoms with Gasteiger partial charge in [0.2, 0.25) is 5.52 Å². The third-order valence-electron chi connectivity index (χ3n) is 5.48. The first-order valence-corrected chi connectivity index (χ1v) is 9.48. The van der Waals surface area contributed by atoms with Crippen LogP contribution in [0.2, 0.25) is 0 Å². The van der Waals surface area contributed by atoms with Crippen LogP contribution in [0.3, 0.4) is 0 Å². The standard InChI is InChI=1S/C22H24N2O2/c1-16-8-7-9-17(14-16)15-23-20-13-6-5-12-19(20)21(25)24(22(23)26)18-10-3-2-4-11-18/h5-9,12-14,18H,2-4,10-11,15H2,1H3/p+2. The average Bonchev–Trinajstić information content (AvgIpc) is 2.66. The van der Waals surface area contributed by atoms with E-state index < -0.39 is 0 Å². The van der Waals surface area contributed by atoms with Crippen molar-refractivity contribution in [3.8, 4) is 11.9 Å². The van der Waals surface area contributed by atoms with Gasteiger partial charge in [-0.2, -0.15) is 0 Å². The summed E-state index contributed by atoms with van der Waals surface area (Å²) in [6.45, 7) is 2.65. The molecule has 3 aromatic rings. The predicted octanol–water partition coefficient (Wildman–Crippen LogP) is 3.69. The van der Waals surface area contributed by atoms with E-state index in [2.05, 4.69) is 25.1 Å². The van der Waals surface area contributed by atoms with Crippen LogP contribution in [0.5, 0.6) is 11.9 Å². The van der Waals surface area contributed by atoms with E-state index in [0.29, 0.717) is 6.54 Å². The minimum absolute atomic E-state index is 0.134. The summed E-state index contributed by atoms with van der Waals surface area (Å²) in [6.07, 6.45) is 5.50. The quantitative estimate of drug-likeness (QED) is 0.708. The molecule has 0 radical (unpaired) electrons. The first-order valence-electron chi connectivity index (χ1n) is 9.48. The zero-order chi connectivity index (χ0) is 18.1. The van der Waals surface area contributed by atoms with Gasteiger partial charge in [-0.3, -0.25) is 0 Å². The van der Waals surface area contributed by atoms with Crippen molar-refractivity contribution in [1.82, 2.24) is 0 Å². The summed E-state index contributed by atoms with van der Waals surface area (Å²) in [5.41, 5.74) is 3.18. The zero-order valence-corrected chi connectivity index (χ0v) is 15.2. The fraction of sp³-hybridized carbons (Fsp3) is 0.364. The highest BCUT2D eigenvalue weighted by Gasteiger charge is 2.39. The zero-order valence-electron chi connectivity index (χ0n) is 15.2. The Labute approximate surface area is 154 Å². The van der Waals surface area contributed by atoms with Crippen LogP contribution >= 0.6 is 0 Å². The van der Waals surface area contributed by atoms with Crippen molar-refractivity contribution in [2.75, 3.05) is 0 Å². The van der Waals surface area contributed by atoms with Crippen molar-refractivity contribution in [3.05, 3.63) is 59.7 Å². The van der Waals surface area contributed by atoms with Gasteiger partial charge in [-0.25, -0.2) is 0 Å². The molecule has 1 heterocycles. The van der Waals surface area contributed by atoms with E-state index in [-0.39, 0.29) is 17.9 Å². The number of rotatable bonds is 3. The molecule has 1 aliphatic rings. The minimum Gasteiger partial charge on any atom is -0.459 e. The summed E-state index contributed by atoms with van der Waals surface area (Å²) in [5, 5.41) is 22.8. The molecule has 1 aliphatic carbocycles. The van der Waals surface area contributed by atoms with Crippen LogP contribution in [-0.4, -0.2) is 10.2 Å². The fourth-order valence-corrected chi connectivity index (χ4v) is 4.18. The lowest BCUT2D eigenvalue weighted by molar-refractivity contribution is -0.832. The molecule has 0 atom stereocenters. The number of hydrogen-bond donors (Lipinski definition) is 2. The van der Waals surface area contributed by atoms with E-state index >= 15 is 0 Å². The molecule has 0 aliphatic heterocycles. The molecule has 1 saturated carbocycles. The fourth-order valence-electron chi connectivity index (χ4n) is 4.18. The Kier molecular flexibility index (Phi) is 4.49. The summed E-state index contributed by atoms with van der Waals surface area (Å²) in [7, 11) is 0. The molecule has 4 rings (SSSR count). The molecule has 4 heteroatoms. The number of aromatic hydroxyl groups is 2. The Hall–Kier alpha value is -2.62. The third-order valence-corrected chi connectivity index (χ3v) is 5.48. The van der Waals surface area contributed by atoms with Gasteiger partial charge in [-0.05, 0) is 31.9 Å². The van der Waals surface area contributed by atoms with E-state index in [1.807, 2.05) is 34.9 Å². The molecular weight excluding hydrogens is 324 g/mol. The number of nitrogens with zero attached hydrogens (tertiary/aromatic N) is 2. The number of aryl methyl sites for hydroxylation is 1. The Morgan fingerprint density at radius 3 is 2.50 bits per heavy atom. The molecule has 1 aromatic heterocycles. The van der Waals surface area contributed by atoms with Crippen molar-refractivity contribution in [1.29, 1.82) is 0 Å². The minimum atomic E-state index is 0.134. The molecule has 0 spiro atoms. The lowest BCUT2D eigenvalue weighted by Crippen LogP contribution is -2.51. The van der Waals surface area contributed by atoms with Gasteiger partial charge < -0.3 is 10.2 Å². The molecule has 4 nitrogen and oxygen atoms in total. The summed E-state index contributed by atoms with van der Waals surface area (Å²) in [4.78, 5) is 0. The van der Waals surface area contributed by atoms with Crippen LogP contribution in [0.1, 0.15) is 49.3 Å². The van der Waals surface area contributed by atoms with Crippen molar-refractivity contribution in [3.63, 3.8) is 0 Å². The predicted molar refractivity (Wildman–Crippen MR) is 100 cm³/mol. The van der Waals surface area contributed by atoms with E-state index in [4.69, 9.17) is 0 Å². The highest BCUT2D eigenvalue weighted by Crippen LogP contribution is 2.29. The third kappa shape index (κ3) is 3.00. The largest absolute Gasteiger partial charge is 0.632 e. The lowest BCUT2D eigenvalue weighted by Gasteiger charge is -2.17. The maximum atomic E-state index is 11.1. The Balaban J connectivity index is 1.90. The van der Waals surface area contributed by atoms with Crippen molar-refractivity contribution in [2.45, 2.75) is 51.6 Å². The molecule has 0 unspecified atom stereocenters. The normalized spacial score (nSPS) is 15.4. The molecule has 26 heavy (non-hydrogen) atoms. The van der Waals surface area contributed by atoms with Crippen molar-refractivity contribution < 1.29 is 19.3 Å². The Morgan fingerprint density at radius 2 is 1.73 bits per heavy atom. The van der Waals surface area contributed by atoms with Gasteiger partial charge in [0.05, 0.1) is 0 Å². The topological polar surface area (TPSA) is 48.2 Å². The Morgan fingerprint density at radius 1 is 0.962 bits per heavy atom. The van der Waals surface area contributed by atoms with E-state index in [9.17, 15) is 10.2 Å². The Bertz CT molecular complexity index is 946. The smallest absolute Gasteiger partial charge is 0.459 e. The number of fused-ring (bicyclic) bond motifs is 1. The van der Waals surface area contributed by atoms with Gasteiger partial charge in [-0.15, -0.1) is 0 Å². The van der Waals surface area contributed by atoms with E-state index in [1.54, 1.807) is 4.57 Å². The maximum absolute atomic E-state index is 11.1. The monoisotopic (exact) mass is 350 g/mol. The van der Waals surface area contributed by atoms with Crippen LogP contribution in [0.4, 0.5) is 0 Å². The SMILES string of the molecule is Cc1cccc(C[n+]2c(O)[n+](C3CCCCC3)c(O)c3ccccc32)c1. The second-order valence-electron chi connectivity index (χ2n) is 7.38. The van der Waals surface area contributed by atoms with Gasteiger partial charge in [0.1, 0.15) is 0 Å².